The Bertz CT molecular complexity index is 295. The Morgan fingerprint density at radius 3 is 2.50 bits per heavy atom. The van der Waals surface area contributed by atoms with E-state index < -0.39 is 0 Å². The molecule has 1 heterocycles. The van der Waals surface area contributed by atoms with Crippen molar-refractivity contribution in [3.63, 3.8) is 0 Å². The summed E-state index contributed by atoms with van der Waals surface area (Å²) in [5.74, 6) is -0.117. The summed E-state index contributed by atoms with van der Waals surface area (Å²) in [4.78, 5) is 10.6. The first-order valence-corrected chi connectivity index (χ1v) is 3.70. The lowest BCUT2D eigenvalue weighted by molar-refractivity contribution is 0.101. The van der Waals surface area contributed by atoms with E-state index in [0.29, 0.717) is 5.69 Å². The van der Waals surface area contributed by atoms with E-state index in [1.165, 1.54) is 13.0 Å². The molecule has 0 fully saturated rings. The van der Waals surface area contributed by atoms with E-state index in [1.54, 1.807) is 0 Å². The van der Waals surface area contributed by atoms with E-state index >= 15 is 0 Å². The van der Waals surface area contributed by atoms with Crippen molar-refractivity contribution in [3.05, 3.63) is 17.5 Å². The molecule has 0 amide bonds. The van der Waals surface area contributed by atoms with Crippen LogP contribution in [0.25, 0.3) is 0 Å². The topological polar surface area (TPSA) is 69.5 Å². The van der Waals surface area contributed by atoms with Crippen LogP contribution in [0.15, 0.2) is 6.07 Å². The number of H-pyrrole nitrogens is 1. The minimum absolute atomic E-state index is 0.117. The lowest BCUT2D eigenvalue weighted by Crippen LogP contribution is -1.90. The Kier molecular flexibility index (Phi) is 4.39. The van der Waals surface area contributed by atoms with Crippen molar-refractivity contribution in [1.82, 2.24) is 10.2 Å². The average molecular weight is 165 g/mol. The summed E-state index contributed by atoms with van der Waals surface area (Å²) in [7, 11) is 0. The summed E-state index contributed by atoms with van der Waals surface area (Å²) < 4.78 is 0. The van der Waals surface area contributed by atoms with Crippen LogP contribution in [0.1, 0.15) is 37.0 Å². The number of nitrogens with one attached hydrogen (secondary N) is 1. The number of nitriles is 1. The summed E-state index contributed by atoms with van der Waals surface area (Å²) >= 11 is 0. The van der Waals surface area contributed by atoms with Crippen molar-refractivity contribution in [1.29, 1.82) is 5.26 Å². The molecule has 12 heavy (non-hydrogen) atoms. The number of hydrogen-bond acceptors (Lipinski definition) is 3. The van der Waals surface area contributed by atoms with Crippen LogP contribution in [-0.2, 0) is 0 Å². The fraction of sp³-hybridized carbons (Fsp3) is 0.375. The van der Waals surface area contributed by atoms with Gasteiger partial charge in [-0.25, -0.2) is 0 Å². The first-order valence-electron chi connectivity index (χ1n) is 3.70. The van der Waals surface area contributed by atoms with Crippen molar-refractivity contribution in [3.8, 4) is 6.07 Å². The molecule has 0 radical (unpaired) electrons. The summed E-state index contributed by atoms with van der Waals surface area (Å²) in [5, 5.41) is 14.3. The molecule has 1 rings (SSSR count). The van der Waals surface area contributed by atoms with E-state index in [0.717, 1.165) is 0 Å². The summed E-state index contributed by atoms with van der Waals surface area (Å²) in [6.45, 7) is 5.41. The van der Waals surface area contributed by atoms with Gasteiger partial charge >= 0.3 is 0 Å². The molecular formula is C8H11N3O. The lowest BCUT2D eigenvalue weighted by Gasteiger charge is -1.80. The van der Waals surface area contributed by atoms with Gasteiger partial charge in [-0.15, -0.1) is 0 Å². The maximum atomic E-state index is 10.6. The monoisotopic (exact) mass is 165 g/mol. The Morgan fingerprint density at radius 2 is 2.25 bits per heavy atom. The van der Waals surface area contributed by atoms with Gasteiger partial charge in [-0.3, -0.25) is 9.89 Å². The second-order valence-corrected chi connectivity index (χ2v) is 1.83. The lowest BCUT2D eigenvalue weighted by atomic mass is 10.3. The van der Waals surface area contributed by atoms with E-state index in [4.69, 9.17) is 5.26 Å². The minimum atomic E-state index is -0.117. The predicted molar refractivity (Wildman–Crippen MR) is 44.7 cm³/mol. The number of ketones is 1. The number of rotatable bonds is 1. The molecule has 0 unspecified atom stereocenters. The molecule has 4 nitrogen and oxygen atoms in total. The minimum Gasteiger partial charge on any atom is -0.293 e. The maximum Gasteiger partial charge on any atom is 0.177 e. The Labute approximate surface area is 71.2 Å². The van der Waals surface area contributed by atoms with Crippen LogP contribution in [-0.4, -0.2) is 16.0 Å². The van der Waals surface area contributed by atoms with E-state index in [1.807, 2.05) is 19.9 Å². The number of aromatic nitrogens is 2. The molecule has 1 N–H and O–H groups in total. The van der Waals surface area contributed by atoms with Crippen LogP contribution in [0.4, 0.5) is 0 Å². The van der Waals surface area contributed by atoms with Gasteiger partial charge in [0.2, 0.25) is 0 Å². The summed E-state index contributed by atoms with van der Waals surface area (Å²) in [6.07, 6.45) is 0. The molecule has 1 aromatic rings. The molecule has 0 aliphatic carbocycles. The van der Waals surface area contributed by atoms with Crippen molar-refractivity contribution >= 4 is 5.78 Å². The molecule has 4 heteroatoms. The standard InChI is InChI=1S/C6H5N3O.C2H6/c1-4(10)6-2-5(3-7)8-9-6;1-2/h2H,1H3,(H,8,9);1-2H3. The highest BCUT2D eigenvalue weighted by molar-refractivity contribution is 5.92. The molecule has 0 saturated heterocycles. The quantitative estimate of drug-likeness (QED) is 0.641. The molecule has 0 bridgehead atoms. The third-order valence-corrected chi connectivity index (χ3v) is 1.07. The van der Waals surface area contributed by atoms with E-state index in [9.17, 15) is 4.79 Å². The van der Waals surface area contributed by atoms with Gasteiger partial charge in [-0.2, -0.15) is 10.4 Å². The highest BCUT2D eigenvalue weighted by Gasteiger charge is 2.02. The molecule has 0 aromatic carbocycles. The second-order valence-electron chi connectivity index (χ2n) is 1.83. The van der Waals surface area contributed by atoms with Crippen LogP contribution in [0.5, 0.6) is 0 Å². The highest BCUT2D eigenvalue weighted by Crippen LogP contribution is 1.97. The summed E-state index contributed by atoms with van der Waals surface area (Å²) in [6, 6.07) is 3.23. The van der Waals surface area contributed by atoms with Crippen molar-refractivity contribution in [2.24, 2.45) is 0 Å². The van der Waals surface area contributed by atoms with Crippen LogP contribution in [0, 0.1) is 11.3 Å². The zero-order valence-electron chi connectivity index (χ0n) is 7.38. The number of carbonyl (C=O) groups excluding carboxylic acids is 1. The second kappa shape index (κ2) is 5.08. The van der Waals surface area contributed by atoms with Crippen LogP contribution in [0.2, 0.25) is 0 Å². The number of carbonyl (C=O) groups is 1. The van der Waals surface area contributed by atoms with Crippen LogP contribution < -0.4 is 0 Å². The maximum absolute atomic E-state index is 10.6. The third kappa shape index (κ3) is 2.54. The fourth-order valence-electron chi connectivity index (χ4n) is 0.559. The molecular weight excluding hydrogens is 154 g/mol. The van der Waals surface area contributed by atoms with Crippen molar-refractivity contribution in [2.45, 2.75) is 20.8 Å². The average Bonchev–Trinajstić information content (AvgIpc) is 2.55. The number of hydrogen-bond donors (Lipinski definition) is 1. The first kappa shape index (κ1) is 10.4. The van der Waals surface area contributed by atoms with Gasteiger partial charge in [-0.05, 0) is 0 Å². The number of aromatic amines is 1. The zero-order valence-corrected chi connectivity index (χ0v) is 7.38. The highest BCUT2D eigenvalue weighted by atomic mass is 16.1. The fourth-order valence-corrected chi connectivity index (χ4v) is 0.559. The molecule has 0 aliphatic heterocycles. The van der Waals surface area contributed by atoms with E-state index in [-0.39, 0.29) is 11.5 Å². The summed E-state index contributed by atoms with van der Waals surface area (Å²) in [5.41, 5.74) is 0.613. The SMILES string of the molecule is CC.CC(=O)c1cc(C#N)n[nH]1. The normalized spacial score (nSPS) is 7.83. The first-order chi connectivity index (χ1) is 5.74. The van der Waals surface area contributed by atoms with Crippen molar-refractivity contribution in [2.75, 3.05) is 0 Å². The molecule has 0 spiro atoms. The van der Waals surface area contributed by atoms with Gasteiger partial charge in [0.25, 0.3) is 0 Å². The molecule has 0 aliphatic rings. The Balaban J connectivity index is 0.000000561. The van der Waals surface area contributed by atoms with Crippen molar-refractivity contribution < 1.29 is 4.79 Å². The Morgan fingerprint density at radius 1 is 1.67 bits per heavy atom. The number of nitrogens with zero attached hydrogens (tertiary/aromatic N) is 2. The largest absolute Gasteiger partial charge is 0.293 e. The Hall–Kier alpha value is -1.63. The van der Waals surface area contributed by atoms with Gasteiger partial charge in [0.1, 0.15) is 11.8 Å². The third-order valence-electron chi connectivity index (χ3n) is 1.07. The van der Waals surface area contributed by atoms with Gasteiger partial charge in [0.15, 0.2) is 11.5 Å². The molecule has 1 aromatic heterocycles. The van der Waals surface area contributed by atoms with Gasteiger partial charge < -0.3 is 0 Å². The van der Waals surface area contributed by atoms with Gasteiger partial charge in [-0.1, -0.05) is 13.8 Å². The van der Waals surface area contributed by atoms with Crippen LogP contribution >= 0.6 is 0 Å². The number of Topliss-reactive ketones (excluding diaryl/α,β-unsaturated/α-hetero) is 1. The smallest absolute Gasteiger partial charge is 0.177 e. The van der Waals surface area contributed by atoms with E-state index in [2.05, 4.69) is 10.2 Å². The van der Waals surface area contributed by atoms with Gasteiger partial charge in [0.05, 0.1) is 0 Å². The van der Waals surface area contributed by atoms with Crippen LogP contribution in [0.3, 0.4) is 0 Å². The zero-order chi connectivity index (χ0) is 9.56. The predicted octanol–water partition coefficient (Wildman–Crippen LogP) is 1.51. The molecule has 0 atom stereocenters. The molecule has 0 saturated carbocycles. The van der Waals surface area contributed by atoms with Gasteiger partial charge in [0, 0.05) is 13.0 Å². The molecule has 64 valence electrons.